The maximum Gasteiger partial charge on any atom is 0.212 e. The zero-order chi connectivity index (χ0) is 80.8. The van der Waals surface area contributed by atoms with Crippen LogP contribution in [0.5, 0.6) is 0 Å². The van der Waals surface area contributed by atoms with Crippen molar-refractivity contribution in [2.24, 2.45) is 0 Å². The van der Waals surface area contributed by atoms with Gasteiger partial charge in [0.2, 0.25) is 5.69 Å². The molecule has 19 rings (SSSR count). The van der Waals surface area contributed by atoms with Gasteiger partial charge in [-0.05, 0) is 117 Å². The fourth-order valence-electron chi connectivity index (χ4n) is 13.5. The number of thiophene rings is 2. The highest BCUT2D eigenvalue weighted by atomic mass is 32.1. The molecule has 0 saturated heterocycles. The topological polar surface area (TPSA) is 52.9 Å². The van der Waals surface area contributed by atoms with E-state index in [1.165, 1.54) is 22.7 Å². The molecule has 0 aliphatic heterocycles. The molecule has 19 aromatic rings. The molecule has 5 aromatic heterocycles. The summed E-state index contributed by atoms with van der Waals surface area (Å²) in [6.45, 7) is 9.73. The van der Waals surface area contributed by atoms with Gasteiger partial charge in [0.25, 0.3) is 0 Å². The quantitative estimate of drug-likeness (QED) is 0.128. The van der Waals surface area contributed by atoms with Gasteiger partial charge in [0.1, 0.15) is 0 Å². The summed E-state index contributed by atoms with van der Waals surface area (Å²) in [5.41, 5.74) is 6.80. The van der Waals surface area contributed by atoms with E-state index in [9.17, 15) is 12.1 Å². The van der Waals surface area contributed by atoms with Crippen molar-refractivity contribution in [3.63, 3.8) is 0 Å². The largest absolute Gasteiger partial charge is 0.318 e. The Morgan fingerprint density at radius 3 is 1.09 bits per heavy atom. The van der Waals surface area contributed by atoms with E-state index in [0.717, 1.165) is 9.40 Å². The molecule has 8 heteroatoms. The fourth-order valence-corrected chi connectivity index (χ4v) is 16.0. The van der Waals surface area contributed by atoms with Gasteiger partial charge in [0.05, 0.1) is 67.4 Å². The molecule has 0 aliphatic rings. The molecule has 0 spiro atoms. The second-order valence-electron chi connectivity index (χ2n) is 23.0. The van der Waals surface area contributed by atoms with E-state index in [0.29, 0.717) is 137 Å². The Balaban J connectivity index is 0.999. The molecule has 0 amide bonds. The van der Waals surface area contributed by atoms with Crippen molar-refractivity contribution in [2.75, 3.05) is 0 Å². The highest BCUT2D eigenvalue weighted by molar-refractivity contribution is 7.27. The third-order valence-corrected chi connectivity index (χ3v) is 20.1. The van der Waals surface area contributed by atoms with Crippen molar-refractivity contribution in [3.05, 3.63) is 326 Å². The Bertz CT molecular complexity index is 7490. The molecular formula is C88H52N6S2. The number of fused-ring (bicyclic) bond motifs is 14. The van der Waals surface area contributed by atoms with Crippen LogP contribution in [0, 0.1) is 6.57 Å². The van der Waals surface area contributed by atoms with Gasteiger partial charge in [0.15, 0.2) is 17.5 Å². The van der Waals surface area contributed by atoms with Crippen molar-refractivity contribution in [3.8, 4) is 101 Å². The van der Waals surface area contributed by atoms with Crippen LogP contribution in [0.4, 0.5) is 5.69 Å². The summed E-state index contributed by atoms with van der Waals surface area (Å²) in [5, 5.41) is 5.09. The summed E-state index contributed by atoms with van der Waals surface area (Å²) in [5.74, 6) is 0.719. The molecule has 0 saturated carbocycles. The molecule has 0 bridgehead atoms. The summed E-state index contributed by atoms with van der Waals surface area (Å²) >= 11 is 2.85. The smallest absolute Gasteiger partial charge is 0.212 e. The average Bonchev–Trinajstić information content (AvgIpc) is 1.52. The Hall–Kier alpha value is -12.4. The Kier molecular flexibility index (Phi) is 9.02. The van der Waals surface area contributed by atoms with Crippen LogP contribution in [0.15, 0.2) is 315 Å². The summed E-state index contributed by atoms with van der Waals surface area (Å²) in [6, 6.07) is 49.7. The van der Waals surface area contributed by atoms with E-state index < -0.39 is 96.7 Å². The zero-order valence-corrected chi connectivity index (χ0v) is 51.6. The number of hydrogen-bond donors (Lipinski definition) is 0. The summed E-state index contributed by atoms with van der Waals surface area (Å²) in [6.07, 6.45) is 0. The first-order valence-electron chi connectivity index (χ1n) is 40.5. The van der Waals surface area contributed by atoms with Crippen molar-refractivity contribution in [1.29, 1.82) is 0 Å². The molecule has 0 radical (unpaired) electrons. The normalized spacial score (nSPS) is 14.7. The lowest BCUT2D eigenvalue weighted by atomic mass is 9.94. The third kappa shape index (κ3) is 8.94. The Morgan fingerprint density at radius 1 is 0.312 bits per heavy atom. The van der Waals surface area contributed by atoms with E-state index >= 15 is 0 Å². The summed E-state index contributed by atoms with van der Waals surface area (Å²) in [4.78, 5) is 20.6. The summed E-state index contributed by atoms with van der Waals surface area (Å²) < 4.78 is 185. The van der Waals surface area contributed by atoms with Crippen LogP contribution >= 0.6 is 22.7 Å². The first-order valence-corrected chi connectivity index (χ1v) is 32.2. The SMILES string of the molecule is [2H]c1c([2H])c([2H])c(-c2ccc3sc4c(ccc5c4c4cc(-c6c([2H])c([2H])c([2H])c([2H])c6[2H])ccc4n5-c4c([N+]#[C-])cc(-c5nc(-c6ccccc6)nc(-c6ccccc6)n5)c(-n5c6ccc(-c7c([2H])c([2H])c([2H])c([2H])c7[2H])cc6c6c7sc8ccc(-c9c([2H])c([2H])c([2H])c([2H])c9[2H])cc8c7ccc65)c4-c4ccccc4)c3c2)c([2H])c1[2H]. The standard InChI is InChI=1S/C88H52N6S2/c1-89-72-53-71(88-91-86(59-33-19-7-20-34-59)90-87(92-88)60-35-21-8-22-36-60)82(93-73-43-37-61(54-23-9-2-10-24-54)51-69(73)80-75(93)45-41-65-67-49-63(56-27-13-4-14-28-56)39-47-77(67)95-84(65)80)79(58-31-17-6-18-32-58)83(72)94-74-44-38-62(55-25-11-3-12-26-55)52-70(74)81-76(94)46-42-66-68-50-64(57-29-15-5-16-30-57)40-48-78(68)96-85(66)81/h2-53H/i2D,3D,4D,5D,9D,10D,11D,12D,13D,14D,15D,16D,23D,24D,25D,26D,27D,28D,29D,30D. The van der Waals surface area contributed by atoms with Crippen LogP contribution in [0.2, 0.25) is 0 Å². The van der Waals surface area contributed by atoms with Gasteiger partial charge in [-0.3, -0.25) is 0 Å². The van der Waals surface area contributed by atoms with Gasteiger partial charge >= 0.3 is 0 Å². The maximum atomic E-state index is 9.73. The van der Waals surface area contributed by atoms with E-state index in [4.69, 9.17) is 36.9 Å². The van der Waals surface area contributed by atoms with Gasteiger partial charge in [-0.1, -0.05) is 248 Å². The number of hydrogen-bond acceptors (Lipinski definition) is 5. The monoisotopic (exact) mass is 1280 g/mol. The van der Waals surface area contributed by atoms with E-state index in [2.05, 4.69) is 9.41 Å². The van der Waals surface area contributed by atoms with Crippen LogP contribution in [0.1, 0.15) is 27.4 Å². The predicted molar refractivity (Wildman–Crippen MR) is 404 cm³/mol. The lowest BCUT2D eigenvalue weighted by molar-refractivity contribution is 1.06. The molecule has 6 nitrogen and oxygen atoms in total. The average molecular weight is 1280 g/mol. The number of nitrogens with zero attached hydrogens (tertiary/aromatic N) is 6. The van der Waals surface area contributed by atoms with Crippen molar-refractivity contribution >= 4 is 112 Å². The van der Waals surface area contributed by atoms with Crippen LogP contribution in [0.3, 0.4) is 0 Å². The van der Waals surface area contributed by atoms with Gasteiger partial charge < -0.3 is 9.13 Å². The Morgan fingerprint density at radius 2 is 0.677 bits per heavy atom. The third-order valence-electron chi connectivity index (χ3n) is 17.7. The Labute approximate surface area is 588 Å². The molecule has 96 heavy (non-hydrogen) atoms. The minimum absolute atomic E-state index is 0.0111. The molecule has 0 N–H and O–H groups in total. The molecule has 0 unspecified atom stereocenters. The van der Waals surface area contributed by atoms with E-state index in [1.807, 2.05) is 162 Å². The van der Waals surface area contributed by atoms with Crippen LogP contribution in [-0.4, -0.2) is 24.1 Å². The molecule has 0 fully saturated rings. The van der Waals surface area contributed by atoms with E-state index in [-0.39, 0.29) is 69.1 Å². The van der Waals surface area contributed by atoms with Crippen LogP contribution < -0.4 is 0 Å². The van der Waals surface area contributed by atoms with Crippen LogP contribution in [-0.2, 0) is 0 Å². The van der Waals surface area contributed by atoms with Crippen molar-refractivity contribution in [2.45, 2.75) is 0 Å². The van der Waals surface area contributed by atoms with Gasteiger partial charge in [-0.2, -0.15) is 0 Å². The van der Waals surface area contributed by atoms with Crippen LogP contribution in [0.25, 0.3) is 190 Å². The molecule has 5 heterocycles. The zero-order valence-electron chi connectivity index (χ0n) is 70.0. The van der Waals surface area contributed by atoms with Crippen molar-refractivity contribution < 1.29 is 27.4 Å². The predicted octanol–water partition coefficient (Wildman–Crippen LogP) is 24.7. The number of rotatable bonds is 10. The van der Waals surface area contributed by atoms with Crippen molar-refractivity contribution in [1.82, 2.24) is 24.1 Å². The molecule has 446 valence electrons. The molecule has 0 atom stereocenters. The minimum atomic E-state index is -0.574. The van der Waals surface area contributed by atoms with E-state index in [1.54, 1.807) is 36.4 Å². The second-order valence-corrected chi connectivity index (χ2v) is 25.1. The van der Waals surface area contributed by atoms with Gasteiger partial charge in [-0.25, -0.2) is 19.8 Å². The highest BCUT2D eigenvalue weighted by Gasteiger charge is 2.31. The number of aromatic nitrogens is 5. The highest BCUT2D eigenvalue weighted by Crippen LogP contribution is 2.54. The molecule has 0 aliphatic carbocycles. The lowest BCUT2D eigenvalue weighted by Crippen LogP contribution is -2.08. The lowest BCUT2D eigenvalue weighted by Gasteiger charge is -2.24. The van der Waals surface area contributed by atoms with Gasteiger partial charge in [-0.15, -0.1) is 22.7 Å². The molecular weight excluding hydrogens is 1210 g/mol. The molecule has 14 aromatic carbocycles. The second kappa shape index (κ2) is 22.4. The minimum Gasteiger partial charge on any atom is -0.318 e. The fraction of sp³-hybridized carbons (Fsp3) is 0. The summed E-state index contributed by atoms with van der Waals surface area (Å²) in [7, 11) is 0. The first-order chi connectivity index (χ1) is 55.8. The van der Waals surface area contributed by atoms with Gasteiger partial charge in [0, 0.05) is 84.1 Å². The first kappa shape index (κ1) is 38.6. The maximum absolute atomic E-state index is 9.73. The number of benzene rings is 14.